The SMILES string of the molecule is CNC(=O)c1c(C)oc2cc(Oc3ccnn4cc(C(=O)N5CC6(CC(O)C6)C5)c(C)c34)ccc12. The minimum Gasteiger partial charge on any atom is -0.460 e. The van der Waals surface area contributed by atoms with Crippen LogP contribution in [0.3, 0.4) is 0 Å². The number of benzene rings is 1. The van der Waals surface area contributed by atoms with Crippen LogP contribution in [-0.2, 0) is 0 Å². The average molecular weight is 475 g/mol. The number of fused-ring (bicyclic) bond motifs is 2. The second-order valence-electron chi connectivity index (χ2n) is 9.75. The molecule has 1 aromatic carbocycles. The Morgan fingerprint density at radius 3 is 2.71 bits per heavy atom. The van der Waals surface area contributed by atoms with E-state index in [1.807, 2.05) is 11.8 Å². The molecule has 0 atom stereocenters. The molecule has 0 bridgehead atoms. The first kappa shape index (κ1) is 21.7. The number of rotatable bonds is 4. The smallest absolute Gasteiger partial charge is 0.255 e. The van der Waals surface area contributed by atoms with Gasteiger partial charge >= 0.3 is 0 Å². The van der Waals surface area contributed by atoms with E-state index < -0.39 is 0 Å². The molecular weight excluding hydrogens is 448 g/mol. The van der Waals surface area contributed by atoms with Crippen molar-refractivity contribution in [2.75, 3.05) is 20.1 Å². The number of aliphatic hydroxyl groups excluding tert-OH is 1. The van der Waals surface area contributed by atoms with Gasteiger partial charge in [0.2, 0.25) is 0 Å². The van der Waals surface area contributed by atoms with E-state index in [1.165, 1.54) is 0 Å². The third-order valence-corrected chi connectivity index (χ3v) is 7.32. The maximum Gasteiger partial charge on any atom is 0.255 e. The van der Waals surface area contributed by atoms with Crippen LogP contribution in [0.2, 0.25) is 0 Å². The lowest BCUT2D eigenvalue weighted by Gasteiger charge is -2.57. The maximum absolute atomic E-state index is 13.2. The molecule has 1 saturated carbocycles. The van der Waals surface area contributed by atoms with E-state index in [4.69, 9.17) is 9.15 Å². The Hall–Kier alpha value is -3.85. The molecule has 6 rings (SSSR count). The third kappa shape index (κ3) is 3.30. The summed E-state index contributed by atoms with van der Waals surface area (Å²) < 4.78 is 13.7. The number of carbonyl (C=O) groups is 2. The second kappa shape index (κ2) is 7.58. The van der Waals surface area contributed by atoms with Crippen LogP contribution in [0.4, 0.5) is 0 Å². The van der Waals surface area contributed by atoms with Crippen LogP contribution in [0.15, 0.2) is 41.1 Å². The lowest BCUT2D eigenvalue weighted by molar-refractivity contribution is -0.113. The summed E-state index contributed by atoms with van der Waals surface area (Å²) in [5.74, 6) is 1.42. The predicted molar refractivity (Wildman–Crippen MR) is 128 cm³/mol. The van der Waals surface area contributed by atoms with Gasteiger partial charge < -0.3 is 24.5 Å². The monoisotopic (exact) mass is 474 g/mol. The molecule has 4 heterocycles. The largest absolute Gasteiger partial charge is 0.460 e. The van der Waals surface area contributed by atoms with Crippen molar-refractivity contribution >= 4 is 28.3 Å². The van der Waals surface area contributed by atoms with Crippen LogP contribution in [0.25, 0.3) is 16.5 Å². The molecule has 4 aromatic rings. The summed E-state index contributed by atoms with van der Waals surface area (Å²) in [6, 6.07) is 7.11. The van der Waals surface area contributed by atoms with E-state index >= 15 is 0 Å². The first-order chi connectivity index (χ1) is 16.8. The highest BCUT2D eigenvalue weighted by atomic mass is 16.5. The van der Waals surface area contributed by atoms with Gasteiger partial charge in [0.05, 0.1) is 23.4 Å². The summed E-state index contributed by atoms with van der Waals surface area (Å²) in [6.07, 6.45) is 4.70. The number of nitrogens with one attached hydrogen (secondary N) is 1. The summed E-state index contributed by atoms with van der Waals surface area (Å²) in [4.78, 5) is 27.2. The van der Waals surface area contributed by atoms with Crippen molar-refractivity contribution in [1.82, 2.24) is 19.8 Å². The molecule has 1 aliphatic heterocycles. The van der Waals surface area contributed by atoms with Gasteiger partial charge in [0, 0.05) is 49.3 Å². The summed E-state index contributed by atoms with van der Waals surface area (Å²) >= 11 is 0. The lowest BCUT2D eigenvalue weighted by Crippen LogP contribution is -2.65. The highest BCUT2D eigenvalue weighted by molar-refractivity contribution is 6.07. The highest BCUT2D eigenvalue weighted by Crippen LogP contribution is 2.48. The minimum absolute atomic E-state index is 0.0276. The van der Waals surface area contributed by atoms with Gasteiger partial charge in [0.15, 0.2) is 5.75 Å². The standard InChI is InChI=1S/C26H26N4O5/c1-14-19(25(33)29-12-26(13-29)9-16(31)10-26)11-30-23(14)20(6-7-28-30)35-17-4-5-18-21(8-17)34-15(2)22(18)24(32)27-3/h4-8,11,16,31H,9-10,12-13H2,1-3H3,(H,27,32). The number of amides is 2. The van der Waals surface area contributed by atoms with E-state index in [0.717, 1.165) is 18.4 Å². The zero-order chi connectivity index (χ0) is 24.5. The van der Waals surface area contributed by atoms with Crippen molar-refractivity contribution in [3.63, 3.8) is 0 Å². The zero-order valence-electron chi connectivity index (χ0n) is 19.8. The molecule has 9 nitrogen and oxygen atoms in total. The average Bonchev–Trinajstić information content (AvgIpc) is 3.30. The molecule has 3 aromatic heterocycles. The van der Waals surface area contributed by atoms with E-state index in [-0.39, 0.29) is 23.3 Å². The molecule has 1 saturated heterocycles. The Kier molecular flexibility index (Phi) is 4.69. The zero-order valence-corrected chi connectivity index (χ0v) is 19.8. The number of aliphatic hydroxyl groups is 1. The fraction of sp³-hybridized carbons (Fsp3) is 0.346. The fourth-order valence-corrected chi connectivity index (χ4v) is 5.59. The van der Waals surface area contributed by atoms with Gasteiger partial charge in [-0.05, 0) is 44.4 Å². The van der Waals surface area contributed by atoms with Crippen LogP contribution in [-0.4, -0.2) is 57.7 Å². The first-order valence-corrected chi connectivity index (χ1v) is 11.7. The molecule has 9 heteroatoms. The number of furan rings is 1. The number of aryl methyl sites for hydroxylation is 2. The Morgan fingerprint density at radius 1 is 1.23 bits per heavy atom. The number of carbonyl (C=O) groups excluding carboxylic acids is 2. The summed E-state index contributed by atoms with van der Waals surface area (Å²) in [7, 11) is 1.59. The Balaban J connectivity index is 1.29. The van der Waals surface area contributed by atoms with Gasteiger partial charge in [-0.25, -0.2) is 4.52 Å². The minimum atomic E-state index is -0.227. The van der Waals surface area contributed by atoms with Crippen molar-refractivity contribution in [2.45, 2.75) is 32.8 Å². The van der Waals surface area contributed by atoms with E-state index in [0.29, 0.717) is 58.0 Å². The quantitative estimate of drug-likeness (QED) is 0.469. The first-order valence-electron chi connectivity index (χ1n) is 11.7. The molecule has 2 aliphatic rings. The summed E-state index contributed by atoms with van der Waals surface area (Å²) in [5.41, 5.74) is 3.27. The molecular formula is C26H26N4O5. The van der Waals surface area contributed by atoms with Gasteiger partial charge in [0.1, 0.15) is 22.6 Å². The highest BCUT2D eigenvalue weighted by Gasteiger charge is 2.53. The number of ether oxygens (including phenoxy) is 1. The Bertz CT molecular complexity index is 1500. The van der Waals surface area contributed by atoms with Crippen molar-refractivity contribution in [2.24, 2.45) is 5.41 Å². The molecule has 1 aliphatic carbocycles. The van der Waals surface area contributed by atoms with Crippen LogP contribution in [0.5, 0.6) is 11.5 Å². The van der Waals surface area contributed by atoms with E-state index in [1.54, 1.807) is 55.1 Å². The molecule has 2 amide bonds. The van der Waals surface area contributed by atoms with Crippen LogP contribution in [0, 0.1) is 19.3 Å². The number of likely N-dealkylation sites (tertiary alicyclic amines) is 1. The summed E-state index contributed by atoms with van der Waals surface area (Å²) in [6.45, 7) is 5.03. The fourth-order valence-electron chi connectivity index (χ4n) is 5.59. The van der Waals surface area contributed by atoms with Gasteiger partial charge in [-0.15, -0.1) is 0 Å². The molecule has 2 fully saturated rings. The van der Waals surface area contributed by atoms with Crippen LogP contribution >= 0.6 is 0 Å². The summed E-state index contributed by atoms with van der Waals surface area (Å²) in [5, 5.41) is 17.4. The topological polar surface area (TPSA) is 109 Å². The van der Waals surface area contributed by atoms with Gasteiger partial charge in [-0.2, -0.15) is 5.10 Å². The van der Waals surface area contributed by atoms with Gasteiger partial charge in [0.25, 0.3) is 11.8 Å². The number of hydrogen-bond donors (Lipinski definition) is 2. The molecule has 180 valence electrons. The third-order valence-electron chi connectivity index (χ3n) is 7.32. The normalized spacial score (nSPS) is 17.0. The number of hydrogen-bond acceptors (Lipinski definition) is 6. The number of nitrogens with zero attached hydrogens (tertiary/aromatic N) is 3. The van der Waals surface area contributed by atoms with E-state index in [2.05, 4.69) is 10.4 Å². The molecule has 2 N–H and O–H groups in total. The van der Waals surface area contributed by atoms with Crippen molar-refractivity contribution in [3.05, 3.63) is 59.1 Å². The van der Waals surface area contributed by atoms with Crippen molar-refractivity contribution < 1.29 is 23.8 Å². The Morgan fingerprint density at radius 2 is 2.00 bits per heavy atom. The second-order valence-corrected chi connectivity index (χ2v) is 9.75. The molecule has 35 heavy (non-hydrogen) atoms. The van der Waals surface area contributed by atoms with Gasteiger partial charge in [-0.1, -0.05) is 0 Å². The van der Waals surface area contributed by atoms with Crippen LogP contribution in [0.1, 0.15) is 44.9 Å². The lowest BCUT2D eigenvalue weighted by atomic mass is 9.62. The maximum atomic E-state index is 13.2. The Labute approximate surface area is 201 Å². The van der Waals surface area contributed by atoms with Crippen LogP contribution < -0.4 is 10.1 Å². The van der Waals surface area contributed by atoms with Crippen molar-refractivity contribution in [3.8, 4) is 11.5 Å². The van der Waals surface area contributed by atoms with Crippen molar-refractivity contribution in [1.29, 1.82) is 0 Å². The molecule has 0 unspecified atom stereocenters. The molecule has 1 spiro atoms. The van der Waals surface area contributed by atoms with Gasteiger partial charge in [-0.3, -0.25) is 9.59 Å². The van der Waals surface area contributed by atoms with E-state index in [9.17, 15) is 14.7 Å². The predicted octanol–water partition coefficient (Wildman–Crippen LogP) is 3.45. The number of aromatic nitrogens is 2. The molecule has 0 radical (unpaired) electrons.